The fourth-order valence-electron chi connectivity index (χ4n) is 4.20. The molecule has 1 aliphatic carbocycles. The third-order valence-electron chi connectivity index (χ3n) is 6.17. The van der Waals surface area contributed by atoms with E-state index in [0.29, 0.717) is 24.3 Å². The van der Waals surface area contributed by atoms with Crippen molar-refractivity contribution in [3.05, 3.63) is 35.7 Å². The molecule has 1 aromatic heterocycles. The molecule has 7 heteroatoms. The fourth-order valence-corrected chi connectivity index (χ4v) is 4.20. The molecule has 2 aromatic rings. The molecule has 0 radical (unpaired) electrons. The van der Waals surface area contributed by atoms with Crippen LogP contribution in [0.4, 0.5) is 0 Å². The van der Waals surface area contributed by atoms with Crippen molar-refractivity contribution in [2.45, 2.75) is 58.2 Å². The van der Waals surface area contributed by atoms with Crippen LogP contribution in [0.5, 0.6) is 0 Å². The number of carbonyl (C=O) groups is 1. The lowest BCUT2D eigenvalue weighted by molar-refractivity contribution is -0.127. The zero-order valence-electron chi connectivity index (χ0n) is 17.4. The number of hydrogen-bond acceptors (Lipinski definition) is 6. The van der Waals surface area contributed by atoms with Crippen LogP contribution in [0.2, 0.25) is 0 Å². The maximum absolute atomic E-state index is 12.5. The van der Waals surface area contributed by atoms with Crippen molar-refractivity contribution in [1.29, 1.82) is 0 Å². The summed E-state index contributed by atoms with van der Waals surface area (Å²) in [4.78, 5) is 21.7. The molecule has 1 amide bonds. The summed E-state index contributed by atoms with van der Waals surface area (Å²) in [7, 11) is 0. The Bertz CT molecular complexity index is 805. The Morgan fingerprint density at radius 2 is 1.86 bits per heavy atom. The van der Waals surface area contributed by atoms with Crippen molar-refractivity contribution >= 4 is 5.91 Å². The third-order valence-corrected chi connectivity index (χ3v) is 6.17. The Labute approximate surface area is 172 Å². The minimum atomic E-state index is -0.0747. The first kappa shape index (κ1) is 20.0. The van der Waals surface area contributed by atoms with E-state index in [9.17, 15) is 4.79 Å². The van der Waals surface area contributed by atoms with Crippen LogP contribution < -0.4 is 5.32 Å². The molecule has 7 nitrogen and oxygen atoms in total. The SMILES string of the molecule is Cc1ccc(-c2noc(CN3CCN(C(C)C(=O)NC4CCCC4)CC3)n2)cc1. The molecule has 2 aliphatic rings. The summed E-state index contributed by atoms with van der Waals surface area (Å²) in [6, 6.07) is 8.44. The van der Waals surface area contributed by atoms with E-state index in [1.807, 2.05) is 19.1 Å². The summed E-state index contributed by atoms with van der Waals surface area (Å²) < 4.78 is 5.46. The van der Waals surface area contributed by atoms with Gasteiger partial charge in [0.2, 0.25) is 17.6 Å². The molecular formula is C22H31N5O2. The monoisotopic (exact) mass is 397 g/mol. The lowest BCUT2D eigenvalue weighted by atomic mass is 10.1. The van der Waals surface area contributed by atoms with Gasteiger partial charge >= 0.3 is 0 Å². The molecule has 1 saturated carbocycles. The minimum absolute atomic E-state index is 0.0747. The molecule has 2 heterocycles. The summed E-state index contributed by atoms with van der Waals surface area (Å²) >= 11 is 0. The highest BCUT2D eigenvalue weighted by atomic mass is 16.5. The Kier molecular flexibility index (Phi) is 6.25. The van der Waals surface area contributed by atoms with Gasteiger partial charge in [-0.25, -0.2) is 0 Å². The van der Waals surface area contributed by atoms with Gasteiger partial charge in [0.25, 0.3) is 0 Å². The van der Waals surface area contributed by atoms with Crippen molar-refractivity contribution in [2.24, 2.45) is 0 Å². The number of hydrogen-bond donors (Lipinski definition) is 1. The van der Waals surface area contributed by atoms with Crippen molar-refractivity contribution in [3.8, 4) is 11.4 Å². The number of amides is 1. The van der Waals surface area contributed by atoms with Crippen LogP contribution in [0, 0.1) is 6.92 Å². The van der Waals surface area contributed by atoms with E-state index < -0.39 is 0 Å². The van der Waals surface area contributed by atoms with E-state index in [4.69, 9.17) is 4.52 Å². The molecule has 1 saturated heterocycles. The number of rotatable bonds is 6. The number of piperazine rings is 1. The number of nitrogens with one attached hydrogen (secondary N) is 1. The summed E-state index contributed by atoms with van der Waals surface area (Å²) in [6.07, 6.45) is 4.72. The van der Waals surface area contributed by atoms with Gasteiger partial charge in [-0.15, -0.1) is 0 Å². The fraction of sp³-hybridized carbons (Fsp3) is 0.591. The molecule has 1 N–H and O–H groups in total. The second kappa shape index (κ2) is 9.05. The highest BCUT2D eigenvalue weighted by Crippen LogP contribution is 2.19. The first-order chi connectivity index (χ1) is 14.1. The van der Waals surface area contributed by atoms with Crippen molar-refractivity contribution in [1.82, 2.24) is 25.3 Å². The molecule has 0 spiro atoms. The van der Waals surface area contributed by atoms with Gasteiger partial charge in [0.15, 0.2) is 0 Å². The summed E-state index contributed by atoms with van der Waals surface area (Å²) in [5.74, 6) is 1.45. The van der Waals surface area contributed by atoms with E-state index in [1.54, 1.807) is 0 Å². The minimum Gasteiger partial charge on any atom is -0.352 e. The first-order valence-corrected chi connectivity index (χ1v) is 10.7. The maximum atomic E-state index is 12.5. The van der Waals surface area contributed by atoms with Crippen LogP contribution in [0.1, 0.15) is 44.1 Å². The molecular weight excluding hydrogens is 366 g/mol. The molecule has 0 bridgehead atoms. The van der Waals surface area contributed by atoms with Gasteiger partial charge in [-0.05, 0) is 26.7 Å². The van der Waals surface area contributed by atoms with Gasteiger partial charge in [-0.2, -0.15) is 4.98 Å². The number of carbonyl (C=O) groups excluding carboxylic acids is 1. The first-order valence-electron chi connectivity index (χ1n) is 10.7. The highest BCUT2D eigenvalue weighted by molar-refractivity contribution is 5.81. The van der Waals surface area contributed by atoms with Gasteiger partial charge < -0.3 is 9.84 Å². The standard InChI is InChI=1S/C22H31N5O2/c1-16-7-9-18(10-8-16)21-24-20(29-25-21)15-26-11-13-27(14-12-26)17(2)22(28)23-19-5-3-4-6-19/h7-10,17,19H,3-6,11-15H2,1-2H3,(H,23,28). The Morgan fingerprint density at radius 3 is 2.55 bits per heavy atom. The summed E-state index contributed by atoms with van der Waals surface area (Å²) in [6.45, 7) is 8.26. The van der Waals surface area contributed by atoms with Crippen molar-refractivity contribution in [3.63, 3.8) is 0 Å². The van der Waals surface area contributed by atoms with Crippen LogP contribution in [-0.4, -0.2) is 64.1 Å². The highest BCUT2D eigenvalue weighted by Gasteiger charge is 2.28. The smallest absolute Gasteiger partial charge is 0.241 e. The normalized spacial score (nSPS) is 20.1. The average molecular weight is 398 g/mol. The van der Waals surface area contributed by atoms with Crippen molar-refractivity contribution in [2.75, 3.05) is 26.2 Å². The zero-order chi connectivity index (χ0) is 20.2. The van der Waals surface area contributed by atoms with E-state index in [1.165, 1.54) is 18.4 Å². The summed E-state index contributed by atoms with van der Waals surface area (Å²) in [5.41, 5.74) is 2.18. The van der Waals surface area contributed by atoms with E-state index in [2.05, 4.69) is 44.3 Å². The number of nitrogens with zero attached hydrogens (tertiary/aromatic N) is 4. The summed E-state index contributed by atoms with van der Waals surface area (Å²) in [5, 5.41) is 7.34. The largest absolute Gasteiger partial charge is 0.352 e. The number of benzene rings is 1. The van der Waals surface area contributed by atoms with Crippen LogP contribution in [-0.2, 0) is 11.3 Å². The Hall–Kier alpha value is -2.25. The average Bonchev–Trinajstić information content (AvgIpc) is 3.41. The van der Waals surface area contributed by atoms with E-state index >= 15 is 0 Å². The topological polar surface area (TPSA) is 74.5 Å². The lowest BCUT2D eigenvalue weighted by Gasteiger charge is -2.37. The molecule has 1 atom stereocenters. The quantitative estimate of drug-likeness (QED) is 0.808. The molecule has 2 fully saturated rings. The van der Waals surface area contributed by atoms with E-state index in [-0.39, 0.29) is 11.9 Å². The molecule has 1 aliphatic heterocycles. The van der Waals surface area contributed by atoms with Crippen LogP contribution in [0.3, 0.4) is 0 Å². The van der Waals surface area contributed by atoms with Crippen molar-refractivity contribution < 1.29 is 9.32 Å². The second-order valence-corrected chi connectivity index (χ2v) is 8.36. The van der Waals surface area contributed by atoms with Gasteiger partial charge in [-0.3, -0.25) is 14.6 Å². The van der Waals surface area contributed by atoms with Crippen LogP contribution in [0.15, 0.2) is 28.8 Å². The molecule has 29 heavy (non-hydrogen) atoms. The van der Waals surface area contributed by atoms with Crippen LogP contribution in [0.25, 0.3) is 11.4 Å². The number of aryl methyl sites for hydroxylation is 1. The maximum Gasteiger partial charge on any atom is 0.241 e. The Balaban J connectivity index is 1.25. The van der Waals surface area contributed by atoms with Gasteiger partial charge in [0, 0.05) is 37.8 Å². The zero-order valence-corrected chi connectivity index (χ0v) is 17.4. The second-order valence-electron chi connectivity index (χ2n) is 8.36. The van der Waals surface area contributed by atoms with Gasteiger partial charge in [0.05, 0.1) is 12.6 Å². The Morgan fingerprint density at radius 1 is 1.17 bits per heavy atom. The van der Waals surface area contributed by atoms with Crippen LogP contribution >= 0.6 is 0 Å². The molecule has 4 rings (SSSR count). The molecule has 156 valence electrons. The van der Waals surface area contributed by atoms with Gasteiger partial charge in [0.1, 0.15) is 0 Å². The number of aromatic nitrogens is 2. The van der Waals surface area contributed by atoms with E-state index in [0.717, 1.165) is 44.6 Å². The molecule has 1 unspecified atom stereocenters. The predicted octanol–water partition coefficient (Wildman–Crippen LogP) is 2.61. The third kappa shape index (κ3) is 5.03. The lowest BCUT2D eigenvalue weighted by Crippen LogP contribution is -2.54. The predicted molar refractivity (Wildman–Crippen MR) is 111 cm³/mol. The molecule has 1 aromatic carbocycles. The van der Waals surface area contributed by atoms with Gasteiger partial charge in [-0.1, -0.05) is 47.8 Å².